The van der Waals surface area contributed by atoms with E-state index in [1.165, 1.54) is 16.2 Å². The third kappa shape index (κ3) is 3.59. The molecule has 2 heterocycles. The molecule has 23 heavy (non-hydrogen) atoms. The fourth-order valence-corrected chi connectivity index (χ4v) is 3.50. The van der Waals surface area contributed by atoms with Crippen LogP contribution in [0.1, 0.15) is 9.67 Å². The molecule has 3 rings (SSSR count). The van der Waals surface area contributed by atoms with Crippen molar-refractivity contribution >= 4 is 55.7 Å². The van der Waals surface area contributed by atoms with Crippen LogP contribution in [0.15, 0.2) is 40.3 Å². The lowest BCUT2D eigenvalue weighted by Gasteiger charge is -2.15. The first-order valence-electron chi connectivity index (χ1n) is 6.77. The van der Waals surface area contributed by atoms with Gasteiger partial charge in [0.05, 0.1) is 26.9 Å². The maximum Gasteiger partial charge on any atom is 0.264 e. The van der Waals surface area contributed by atoms with Crippen molar-refractivity contribution in [1.29, 1.82) is 0 Å². The summed E-state index contributed by atoms with van der Waals surface area (Å²) in [6.07, 6.45) is 1.71. The maximum absolute atomic E-state index is 12.2. The molecular weight excluding hydrogens is 380 g/mol. The largest absolute Gasteiger partial charge is 0.332 e. The summed E-state index contributed by atoms with van der Waals surface area (Å²) < 4.78 is 0.881. The van der Waals surface area contributed by atoms with Gasteiger partial charge in [-0.25, -0.2) is 0 Å². The van der Waals surface area contributed by atoms with Gasteiger partial charge >= 0.3 is 0 Å². The first-order chi connectivity index (χ1) is 11.0. The van der Waals surface area contributed by atoms with Crippen LogP contribution in [0.4, 0.5) is 5.69 Å². The molecule has 6 nitrogen and oxygen atoms in total. The molecule has 0 aliphatic rings. The number of halogens is 1. The first-order valence-corrected chi connectivity index (χ1v) is 8.37. The van der Waals surface area contributed by atoms with Crippen LogP contribution in [0.2, 0.25) is 0 Å². The molecule has 0 bridgehead atoms. The smallest absolute Gasteiger partial charge is 0.264 e. The molecule has 0 spiro atoms. The average molecular weight is 393 g/mol. The van der Waals surface area contributed by atoms with Gasteiger partial charge in [0, 0.05) is 18.1 Å². The fraction of sp³-hybridized carbons (Fsp3) is 0.133. The standard InChI is InChI=1S/C15H13BrN4O2S/c1-20(15(22)12-4-5-13(16)23-12)8-14(21)18-10-3-2-9-7-17-19-11(9)6-10/h2-7H,8H2,1H3,(H,17,19)(H,18,21). The molecule has 8 heteroatoms. The molecule has 0 saturated heterocycles. The van der Waals surface area contributed by atoms with Crippen molar-refractivity contribution in [3.8, 4) is 0 Å². The highest BCUT2D eigenvalue weighted by atomic mass is 79.9. The number of hydrogen-bond acceptors (Lipinski definition) is 4. The average Bonchev–Trinajstić information content (AvgIpc) is 3.14. The van der Waals surface area contributed by atoms with E-state index < -0.39 is 0 Å². The number of benzene rings is 1. The molecule has 1 aromatic carbocycles. The van der Waals surface area contributed by atoms with Crippen molar-refractivity contribution in [1.82, 2.24) is 15.1 Å². The van der Waals surface area contributed by atoms with E-state index in [0.29, 0.717) is 10.6 Å². The Morgan fingerprint density at radius 1 is 1.35 bits per heavy atom. The van der Waals surface area contributed by atoms with Crippen LogP contribution in [-0.4, -0.2) is 40.5 Å². The number of amides is 2. The molecule has 118 valence electrons. The number of hydrogen-bond donors (Lipinski definition) is 2. The minimum atomic E-state index is -0.254. The number of likely N-dealkylation sites (N-methyl/N-ethyl adjacent to an activating group) is 1. The summed E-state index contributed by atoms with van der Waals surface area (Å²) in [6.45, 7) is -0.0185. The van der Waals surface area contributed by atoms with E-state index in [1.807, 2.05) is 12.1 Å². The first kappa shape index (κ1) is 15.7. The summed E-state index contributed by atoms with van der Waals surface area (Å²) in [7, 11) is 1.60. The molecule has 2 N–H and O–H groups in total. The number of anilines is 1. The number of carbonyl (C=O) groups excluding carboxylic acids is 2. The minimum Gasteiger partial charge on any atom is -0.332 e. The third-order valence-corrected chi connectivity index (χ3v) is 4.85. The molecule has 2 aromatic heterocycles. The van der Waals surface area contributed by atoms with E-state index >= 15 is 0 Å². The highest BCUT2D eigenvalue weighted by Crippen LogP contribution is 2.23. The van der Waals surface area contributed by atoms with Gasteiger partial charge in [-0.05, 0) is 46.3 Å². The van der Waals surface area contributed by atoms with Gasteiger partial charge in [0.2, 0.25) is 5.91 Å². The summed E-state index contributed by atoms with van der Waals surface area (Å²) in [6, 6.07) is 9.02. The summed E-state index contributed by atoms with van der Waals surface area (Å²) in [5.74, 6) is -0.435. The van der Waals surface area contributed by atoms with Crippen LogP contribution in [0.3, 0.4) is 0 Å². The lowest BCUT2D eigenvalue weighted by molar-refractivity contribution is -0.116. The number of aromatic nitrogens is 2. The lowest BCUT2D eigenvalue weighted by atomic mass is 10.2. The Labute approximate surface area is 144 Å². The molecule has 0 aliphatic carbocycles. The fourth-order valence-electron chi connectivity index (χ4n) is 2.12. The van der Waals surface area contributed by atoms with E-state index in [0.717, 1.165) is 14.7 Å². The van der Waals surface area contributed by atoms with E-state index in [9.17, 15) is 9.59 Å². The number of rotatable bonds is 4. The maximum atomic E-state index is 12.2. The zero-order valence-corrected chi connectivity index (χ0v) is 14.6. The molecule has 3 aromatic rings. The summed E-state index contributed by atoms with van der Waals surface area (Å²) in [5.41, 5.74) is 1.50. The van der Waals surface area contributed by atoms with Crippen molar-refractivity contribution in [2.45, 2.75) is 0 Å². The predicted octanol–water partition coefficient (Wildman–Crippen LogP) is 3.10. The Kier molecular flexibility index (Phi) is 4.44. The monoisotopic (exact) mass is 392 g/mol. The Bertz CT molecular complexity index is 873. The number of carbonyl (C=O) groups is 2. The quantitative estimate of drug-likeness (QED) is 0.715. The highest BCUT2D eigenvalue weighted by Gasteiger charge is 2.16. The molecule has 0 fully saturated rings. The second-order valence-electron chi connectivity index (χ2n) is 4.99. The van der Waals surface area contributed by atoms with Gasteiger partial charge in [-0.1, -0.05) is 0 Å². The lowest BCUT2D eigenvalue weighted by Crippen LogP contribution is -2.34. The van der Waals surface area contributed by atoms with Crippen LogP contribution < -0.4 is 5.32 Å². The van der Waals surface area contributed by atoms with E-state index in [2.05, 4.69) is 31.4 Å². The van der Waals surface area contributed by atoms with Crippen LogP contribution in [0, 0.1) is 0 Å². The topological polar surface area (TPSA) is 78.1 Å². The second kappa shape index (κ2) is 6.51. The van der Waals surface area contributed by atoms with Gasteiger partial charge < -0.3 is 10.2 Å². The van der Waals surface area contributed by atoms with Crippen molar-refractivity contribution < 1.29 is 9.59 Å². The van der Waals surface area contributed by atoms with Crippen molar-refractivity contribution in [2.75, 3.05) is 18.9 Å². The van der Waals surface area contributed by atoms with Crippen molar-refractivity contribution in [3.05, 3.63) is 45.2 Å². The van der Waals surface area contributed by atoms with Crippen LogP contribution >= 0.6 is 27.3 Å². The van der Waals surface area contributed by atoms with E-state index in [-0.39, 0.29) is 18.4 Å². The van der Waals surface area contributed by atoms with Gasteiger partial charge in [-0.2, -0.15) is 5.10 Å². The Balaban J connectivity index is 1.63. The van der Waals surface area contributed by atoms with Crippen LogP contribution in [0.5, 0.6) is 0 Å². The molecule has 0 atom stereocenters. The Morgan fingerprint density at radius 3 is 2.91 bits per heavy atom. The number of thiophene rings is 1. The summed E-state index contributed by atoms with van der Waals surface area (Å²) in [4.78, 5) is 26.3. The molecule has 0 aliphatic heterocycles. The van der Waals surface area contributed by atoms with Gasteiger partial charge in [0.25, 0.3) is 5.91 Å². The number of aromatic amines is 1. The number of fused-ring (bicyclic) bond motifs is 1. The van der Waals surface area contributed by atoms with Crippen molar-refractivity contribution in [3.63, 3.8) is 0 Å². The van der Waals surface area contributed by atoms with Gasteiger partial charge in [-0.15, -0.1) is 11.3 Å². The number of H-pyrrole nitrogens is 1. The summed E-state index contributed by atoms with van der Waals surface area (Å²) in [5, 5.41) is 10.5. The zero-order chi connectivity index (χ0) is 16.4. The van der Waals surface area contributed by atoms with Crippen LogP contribution in [0.25, 0.3) is 10.9 Å². The van der Waals surface area contributed by atoms with Gasteiger partial charge in [-0.3, -0.25) is 14.7 Å². The SMILES string of the molecule is CN(CC(=O)Nc1ccc2cn[nH]c2c1)C(=O)c1ccc(Br)s1. The van der Waals surface area contributed by atoms with E-state index in [1.54, 1.807) is 31.4 Å². The van der Waals surface area contributed by atoms with E-state index in [4.69, 9.17) is 0 Å². The molecule has 2 amide bonds. The highest BCUT2D eigenvalue weighted by molar-refractivity contribution is 9.11. The van der Waals surface area contributed by atoms with Gasteiger partial charge in [0.15, 0.2) is 0 Å². The number of nitrogens with zero attached hydrogens (tertiary/aromatic N) is 2. The predicted molar refractivity (Wildman–Crippen MR) is 93.7 cm³/mol. The minimum absolute atomic E-state index is 0.0185. The van der Waals surface area contributed by atoms with Crippen LogP contribution in [-0.2, 0) is 4.79 Å². The van der Waals surface area contributed by atoms with Crippen molar-refractivity contribution in [2.24, 2.45) is 0 Å². The molecular formula is C15H13BrN4O2S. The Hall–Kier alpha value is -2.19. The molecule has 0 saturated carbocycles. The molecule has 0 radical (unpaired) electrons. The zero-order valence-electron chi connectivity index (χ0n) is 12.2. The third-order valence-electron chi connectivity index (χ3n) is 3.24. The molecule has 0 unspecified atom stereocenters. The van der Waals surface area contributed by atoms with Gasteiger partial charge in [0.1, 0.15) is 0 Å². The summed E-state index contributed by atoms with van der Waals surface area (Å²) >= 11 is 4.66. The Morgan fingerprint density at radius 2 is 2.17 bits per heavy atom. The second-order valence-corrected chi connectivity index (χ2v) is 7.45. The number of nitrogens with one attached hydrogen (secondary N) is 2. The normalized spacial score (nSPS) is 10.7.